The van der Waals surface area contributed by atoms with Crippen LogP contribution >= 0.6 is 0 Å². The maximum Gasteiger partial charge on any atom is 0.156 e. The molecule has 0 saturated carbocycles. The van der Waals surface area contributed by atoms with Crippen molar-refractivity contribution in [3.05, 3.63) is 31.0 Å². The van der Waals surface area contributed by atoms with E-state index in [0.29, 0.717) is 0 Å². The van der Waals surface area contributed by atoms with Gasteiger partial charge in [-0.05, 0) is 12.5 Å². The molecule has 1 heterocycles. The lowest BCUT2D eigenvalue weighted by Crippen LogP contribution is -2.00. The molecule has 4 heteroatoms. The van der Waals surface area contributed by atoms with Gasteiger partial charge in [0, 0.05) is 12.6 Å². The Kier molecular flexibility index (Phi) is 6.69. The summed E-state index contributed by atoms with van der Waals surface area (Å²) in [5.41, 5.74) is 0. The fraction of sp³-hybridized carbons (Fsp3) is 0.500. The Labute approximate surface area is 109 Å². The van der Waals surface area contributed by atoms with E-state index < -0.39 is 0 Å². The second kappa shape index (κ2) is 8.39. The lowest BCUT2D eigenvalue weighted by atomic mass is 10.1. The molecule has 0 spiro atoms. The van der Waals surface area contributed by atoms with Crippen molar-refractivity contribution in [3.63, 3.8) is 0 Å². The van der Waals surface area contributed by atoms with Gasteiger partial charge in [0.2, 0.25) is 0 Å². The van der Waals surface area contributed by atoms with Crippen LogP contribution < -0.4 is 0 Å². The van der Waals surface area contributed by atoms with Gasteiger partial charge in [-0.2, -0.15) is 0 Å². The van der Waals surface area contributed by atoms with Gasteiger partial charge in [0.1, 0.15) is 6.34 Å². The highest BCUT2D eigenvalue weighted by molar-refractivity contribution is 5.61. The predicted octanol–water partition coefficient (Wildman–Crippen LogP) is 3.45. The lowest BCUT2D eigenvalue weighted by molar-refractivity contribution is 0.622. The fourth-order valence-electron chi connectivity index (χ4n) is 1.71. The molecule has 0 aliphatic carbocycles. The molecule has 0 aliphatic heterocycles. The van der Waals surface area contributed by atoms with Gasteiger partial charge >= 0.3 is 0 Å². The highest BCUT2D eigenvalue weighted by Crippen LogP contribution is 2.07. The minimum atomic E-state index is 0.726. The van der Waals surface area contributed by atoms with Crippen LogP contribution in [0.2, 0.25) is 0 Å². The van der Waals surface area contributed by atoms with Crippen molar-refractivity contribution in [2.75, 3.05) is 0 Å². The van der Waals surface area contributed by atoms with E-state index in [-0.39, 0.29) is 0 Å². The van der Waals surface area contributed by atoms with Crippen LogP contribution in [0.1, 0.15) is 50.7 Å². The Morgan fingerprint density at radius 3 is 2.67 bits per heavy atom. The average Bonchev–Trinajstić information content (AvgIpc) is 2.78. The zero-order valence-electron chi connectivity index (χ0n) is 11.2. The van der Waals surface area contributed by atoms with Crippen LogP contribution in [-0.4, -0.2) is 21.1 Å². The molecule has 0 radical (unpaired) electrons. The predicted molar refractivity (Wildman–Crippen MR) is 76.7 cm³/mol. The Hall–Kier alpha value is -1.71. The Morgan fingerprint density at radius 1 is 1.22 bits per heavy atom. The standard InChI is InChI=1S/C14H22N4/c1-4-7-8-9-10-11-13-16-14(5-2)18(17-13)12-15-6-3/h5-6,12H,2-4,7-11H2,1H3/b15-12-. The molecule has 0 aromatic carbocycles. The van der Waals surface area contributed by atoms with Crippen molar-refractivity contribution in [2.24, 2.45) is 4.99 Å². The first-order chi connectivity index (χ1) is 8.81. The van der Waals surface area contributed by atoms with E-state index in [1.54, 1.807) is 17.1 Å². The Bertz CT molecular complexity index is 404. The highest BCUT2D eigenvalue weighted by atomic mass is 15.4. The van der Waals surface area contributed by atoms with E-state index in [2.05, 4.69) is 35.2 Å². The van der Waals surface area contributed by atoms with Crippen molar-refractivity contribution in [1.82, 2.24) is 14.8 Å². The summed E-state index contributed by atoms with van der Waals surface area (Å²) >= 11 is 0. The van der Waals surface area contributed by atoms with Gasteiger partial charge in [-0.1, -0.05) is 45.8 Å². The number of rotatable bonds is 9. The maximum atomic E-state index is 4.41. The summed E-state index contributed by atoms with van der Waals surface area (Å²) < 4.78 is 1.63. The van der Waals surface area contributed by atoms with E-state index >= 15 is 0 Å². The molecule has 0 atom stereocenters. The number of hydrogen-bond donors (Lipinski definition) is 0. The van der Waals surface area contributed by atoms with Gasteiger partial charge in [0.15, 0.2) is 11.6 Å². The van der Waals surface area contributed by atoms with Gasteiger partial charge in [0.05, 0.1) is 0 Å². The van der Waals surface area contributed by atoms with Crippen LogP contribution in [0.15, 0.2) is 24.4 Å². The van der Waals surface area contributed by atoms with E-state index in [9.17, 15) is 0 Å². The fourth-order valence-corrected chi connectivity index (χ4v) is 1.71. The first-order valence-electron chi connectivity index (χ1n) is 6.53. The van der Waals surface area contributed by atoms with E-state index in [0.717, 1.165) is 24.5 Å². The number of nitrogens with zero attached hydrogens (tertiary/aromatic N) is 4. The molecule has 1 rings (SSSR count). The van der Waals surface area contributed by atoms with Gasteiger partial charge in [-0.3, -0.25) is 0 Å². The molecular formula is C14H22N4. The van der Waals surface area contributed by atoms with E-state index in [4.69, 9.17) is 0 Å². The van der Waals surface area contributed by atoms with Crippen LogP contribution in [0, 0.1) is 0 Å². The van der Waals surface area contributed by atoms with Crippen molar-refractivity contribution in [2.45, 2.75) is 45.4 Å². The largest absolute Gasteiger partial charge is 0.245 e. The Balaban J connectivity index is 2.51. The second-order valence-electron chi connectivity index (χ2n) is 4.15. The molecule has 0 amide bonds. The van der Waals surface area contributed by atoms with Crippen LogP contribution in [0.5, 0.6) is 0 Å². The second-order valence-corrected chi connectivity index (χ2v) is 4.15. The number of unbranched alkanes of at least 4 members (excludes halogenated alkanes) is 4. The summed E-state index contributed by atoms with van der Waals surface area (Å²) in [7, 11) is 0. The average molecular weight is 246 g/mol. The van der Waals surface area contributed by atoms with Gasteiger partial charge in [-0.25, -0.2) is 14.7 Å². The number of aryl methyl sites for hydroxylation is 1. The van der Waals surface area contributed by atoms with E-state index in [1.807, 2.05) is 0 Å². The normalized spacial score (nSPS) is 10.9. The molecule has 0 fully saturated rings. The third kappa shape index (κ3) is 4.65. The van der Waals surface area contributed by atoms with Gasteiger partial charge in [0.25, 0.3) is 0 Å². The molecule has 0 unspecified atom stereocenters. The summed E-state index contributed by atoms with van der Waals surface area (Å²) in [5, 5.41) is 4.37. The van der Waals surface area contributed by atoms with Crippen LogP contribution in [0.4, 0.5) is 0 Å². The zero-order chi connectivity index (χ0) is 13.2. The number of aromatic nitrogens is 3. The minimum absolute atomic E-state index is 0.726. The van der Waals surface area contributed by atoms with Crippen LogP contribution in [0.25, 0.3) is 6.08 Å². The quantitative estimate of drug-likeness (QED) is 0.380. The molecule has 0 aliphatic rings. The molecule has 0 saturated heterocycles. The monoisotopic (exact) mass is 246 g/mol. The SMILES string of the molecule is C=C/N=C\n1nc(CCCCCCC)nc1C=C. The van der Waals surface area contributed by atoms with Crippen molar-refractivity contribution >= 4 is 12.4 Å². The van der Waals surface area contributed by atoms with Crippen LogP contribution in [-0.2, 0) is 6.42 Å². The minimum Gasteiger partial charge on any atom is -0.245 e. The molecule has 0 N–H and O–H groups in total. The van der Waals surface area contributed by atoms with Crippen LogP contribution in [0.3, 0.4) is 0 Å². The summed E-state index contributed by atoms with van der Waals surface area (Å²) in [6.45, 7) is 9.47. The third-order valence-electron chi connectivity index (χ3n) is 2.67. The highest BCUT2D eigenvalue weighted by Gasteiger charge is 2.05. The molecule has 0 bridgehead atoms. The van der Waals surface area contributed by atoms with Crippen molar-refractivity contribution < 1.29 is 0 Å². The number of aliphatic imine (C=N–C) groups is 1. The molecule has 4 nitrogen and oxygen atoms in total. The van der Waals surface area contributed by atoms with Gasteiger partial charge < -0.3 is 0 Å². The first kappa shape index (κ1) is 14.4. The molecule has 1 aromatic heterocycles. The molecule has 98 valence electrons. The van der Waals surface area contributed by atoms with Gasteiger partial charge in [-0.15, -0.1) is 5.10 Å². The third-order valence-corrected chi connectivity index (χ3v) is 2.67. The van der Waals surface area contributed by atoms with Crippen molar-refractivity contribution in [3.8, 4) is 0 Å². The maximum absolute atomic E-state index is 4.41. The van der Waals surface area contributed by atoms with Crippen molar-refractivity contribution in [1.29, 1.82) is 0 Å². The van der Waals surface area contributed by atoms with E-state index in [1.165, 1.54) is 31.9 Å². The Morgan fingerprint density at radius 2 is 2.00 bits per heavy atom. The lowest BCUT2D eigenvalue weighted by Gasteiger charge is -1.96. The molecular weight excluding hydrogens is 224 g/mol. The smallest absolute Gasteiger partial charge is 0.156 e. The zero-order valence-corrected chi connectivity index (χ0v) is 11.2. The first-order valence-corrected chi connectivity index (χ1v) is 6.53. The summed E-state index contributed by atoms with van der Waals surface area (Å²) in [6.07, 6.45) is 11.9. The molecule has 1 aromatic rings. The molecule has 18 heavy (non-hydrogen) atoms. The summed E-state index contributed by atoms with van der Waals surface area (Å²) in [5.74, 6) is 1.58. The number of hydrogen-bond acceptors (Lipinski definition) is 3. The summed E-state index contributed by atoms with van der Waals surface area (Å²) in [4.78, 5) is 8.34. The topological polar surface area (TPSA) is 43.1 Å². The summed E-state index contributed by atoms with van der Waals surface area (Å²) in [6, 6.07) is 0.